The number of nitrogens with one attached hydrogen (secondary N) is 1. The quantitative estimate of drug-likeness (QED) is 0.711. The van der Waals surface area contributed by atoms with Crippen molar-refractivity contribution in [3.8, 4) is 0 Å². The van der Waals surface area contributed by atoms with Crippen molar-refractivity contribution in [2.75, 3.05) is 12.3 Å². The molecule has 0 aliphatic heterocycles. The van der Waals surface area contributed by atoms with Crippen LogP contribution in [0.2, 0.25) is 0 Å². The Bertz CT molecular complexity index is 479. The van der Waals surface area contributed by atoms with Gasteiger partial charge in [-0.2, -0.15) is 0 Å². The van der Waals surface area contributed by atoms with E-state index in [1.54, 1.807) is 6.92 Å². The summed E-state index contributed by atoms with van der Waals surface area (Å²) in [5, 5.41) is 12.0. The van der Waals surface area contributed by atoms with Gasteiger partial charge in [-0.05, 0) is 43.9 Å². The molecule has 0 radical (unpaired) electrons. The van der Waals surface area contributed by atoms with Crippen LogP contribution in [0.5, 0.6) is 0 Å². The summed E-state index contributed by atoms with van der Waals surface area (Å²) in [6.45, 7) is 1.44. The number of aliphatic hydroxyl groups is 1. The number of hydrogen-bond donors (Lipinski definition) is 3. The molecule has 0 heterocycles. The monoisotopic (exact) mass is 252 g/mol. The van der Waals surface area contributed by atoms with Gasteiger partial charge in [-0.15, -0.1) is 0 Å². The van der Waals surface area contributed by atoms with E-state index in [1.165, 1.54) is 12.1 Å². The smallest absolute Gasteiger partial charge is 0.254 e. The van der Waals surface area contributed by atoms with Crippen molar-refractivity contribution < 1.29 is 14.3 Å². The minimum absolute atomic E-state index is 0.0628. The van der Waals surface area contributed by atoms with Crippen LogP contribution in [0.1, 0.15) is 35.2 Å². The highest BCUT2D eigenvalue weighted by Crippen LogP contribution is 2.31. The first-order chi connectivity index (χ1) is 8.47. The summed E-state index contributed by atoms with van der Waals surface area (Å²) in [6.07, 6.45) is 2.40. The van der Waals surface area contributed by atoms with Gasteiger partial charge in [-0.3, -0.25) is 4.79 Å². The van der Waals surface area contributed by atoms with Crippen molar-refractivity contribution >= 4 is 11.6 Å². The van der Waals surface area contributed by atoms with Gasteiger partial charge >= 0.3 is 0 Å². The average molecular weight is 252 g/mol. The molecule has 1 aromatic rings. The van der Waals surface area contributed by atoms with E-state index < -0.39 is 17.3 Å². The second-order valence-electron chi connectivity index (χ2n) is 4.95. The summed E-state index contributed by atoms with van der Waals surface area (Å²) >= 11 is 0. The molecule has 98 valence electrons. The van der Waals surface area contributed by atoms with Crippen molar-refractivity contribution in [2.24, 2.45) is 0 Å². The number of nitrogen functional groups attached to an aromatic ring is 1. The third-order valence-corrected chi connectivity index (χ3v) is 3.51. The van der Waals surface area contributed by atoms with Crippen molar-refractivity contribution in [1.29, 1.82) is 0 Å². The lowest BCUT2D eigenvalue weighted by Crippen LogP contribution is -2.56. The number of benzene rings is 1. The Morgan fingerprint density at radius 3 is 2.72 bits per heavy atom. The highest BCUT2D eigenvalue weighted by molar-refractivity contribution is 5.96. The number of amides is 1. The Balaban J connectivity index is 2.24. The number of hydrogen-bond acceptors (Lipinski definition) is 3. The maximum absolute atomic E-state index is 13.9. The number of nitrogens with two attached hydrogens (primary N) is 1. The molecule has 1 amide bonds. The summed E-state index contributed by atoms with van der Waals surface area (Å²) in [6, 6.07) is 2.80. The lowest BCUT2D eigenvalue weighted by molar-refractivity contribution is 0.0638. The number of rotatable bonds is 3. The molecule has 0 unspecified atom stereocenters. The van der Waals surface area contributed by atoms with Gasteiger partial charge in [0.25, 0.3) is 5.91 Å². The Hall–Kier alpha value is -1.62. The highest BCUT2D eigenvalue weighted by Gasteiger charge is 2.38. The van der Waals surface area contributed by atoms with Crippen LogP contribution in [-0.4, -0.2) is 23.2 Å². The van der Waals surface area contributed by atoms with E-state index in [0.29, 0.717) is 11.3 Å². The van der Waals surface area contributed by atoms with Crippen LogP contribution in [0.25, 0.3) is 0 Å². The van der Waals surface area contributed by atoms with Crippen LogP contribution < -0.4 is 11.1 Å². The summed E-state index contributed by atoms with van der Waals surface area (Å²) in [5.74, 6) is -1.08. The molecule has 0 bridgehead atoms. The fourth-order valence-corrected chi connectivity index (χ4v) is 2.20. The van der Waals surface area contributed by atoms with Gasteiger partial charge < -0.3 is 16.2 Å². The highest BCUT2D eigenvalue weighted by atomic mass is 19.1. The molecule has 1 saturated carbocycles. The molecular formula is C13H17FN2O2. The Morgan fingerprint density at radius 1 is 1.56 bits per heavy atom. The molecule has 0 atom stereocenters. The molecule has 5 heteroatoms. The van der Waals surface area contributed by atoms with Gasteiger partial charge in [0.15, 0.2) is 0 Å². The standard InChI is InChI=1S/C13H17FN2O2/c1-8-5-9(15)6-10(11(8)14)12(18)16-13(7-17)3-2-4-13/h5-6,17H,2-4,7,15H2,1H3,(H,16,18). The van der Waals surface area contributed by atoms with Gasteiger partial charge in [0.2, 0.25) is 0 Å². The maximum Gasteiger partial charge on any atom is 0.254 e. The van der Waals surface area contributed by atoms with Crippen molar-refractivity contribution in [1.82, 2.24) is 5.32 Å². The third kappa shape index (κ3) is 2.18. The Labute approximate surface area is 105 Å². The van der Waals surface area contributed by atoms with Crippen LogP contribution in [0.3, 0.4) is 0 Å². The van der Waals surface area contributed by atoms with E-state index in [4.69, 9.17) is 5.73 Å². The zero-order valence-corrected chi connectivity index (χ0v) is 10.3. The molecule has 1 aliphatic carbocycles. The molecule has 4 nitrogen and oxygen atoms in total. The van der Waals surface area contributed by atoms with Crippen LogP contribution in [0.15, 0.2) is 12.1 Å². The SMILES string of the molecule is Cc1cc(N)cc(C(=O)NC2(CO)CCC2)c1F. The number of carbonyl (C=O) groups is 1. The van der Waals surface area contributed by atoms with Crippen molar-refractivity contribution in [3.63, 3.8) is 0 Å². The Morgan fingerprint density at radius 2 is 2.22 bits per heavy atom. The van der Waals surface area contributed by atoms with Gasteiger partial charge in [0, 0.05) is 5.69 Å². The van der Waals surface area contributed by atoms with E-state index in [-0.39, 0.29) is 12.2 Å². The predicted octanol–water partition coefficient (Wildman–Crippen LogP) is 1.36. The normalized spacial score (nSPS) is 17.1. The molecular weight excluding hydrogens is 235 g/mol. The first-order valence-electron chi connectivity index (χ1n) is 5.96. The summed E-state index contributed by atoms with van der Waals surface area (Å²) < 4.78 is 13.9. The first kappa shape index (κ1) is 12.8. The molecule has 1 aromatic carbocycles. The molecule has 0 saturated heterocycles. The fourth-order valence-electron chi connectivity index (χ4n) is 2.20. The van der Waals surface area contributed by atoms with E-state index in [9.17, 15) is 14.3 Å². The van der Waals surface area contributed by atoms with Crippen LogP contribution in [-0.2, 0) is 0 Å². The number of aryl methyl sites for hydroxylation is 1. The average Bonchev–Trinajstić information content (AvgIpc) is 2.28. The van der Waals surface area contributed by atoms with Gasteiger partial charge in [0.1, 0.15) is 5.82 Å². The first-order valence-corrected chi connectivity index (χ1v) is 5.96. The van der Waals surface area contributed by atoms with E-state index in [0.717, 1.165) is 19.3 Å². The van der Waals surface area contributed by atoms with Crippen molar-refractivity contribution in [2.45, 2.75) is 31.7 Å². The number of halogens is 1. The minimum atomic E-state index is -0.581. The zero-order chi connectivity index (χ0) is 13.3. The van der Waals surface area contributed by atoms with Gasteiger partial charge in [-0.1, -0.05) is 0 Å². The van der Waals surface area contributed by atoms with E-state index in [1.807, 2.05) is 0 Å². The second-order valence-corrected chi connectivity index (χ2v) is 4.95. The topological polar surface area (TPSA) is 75.4 Å². The molecule has 4 N–H and O–H groups in total. The summed E-state index contributed by atoms with van der Waals surface area (Å²) in [4.78, 5) is 12.0. The lowest BCUT2D eigenvalue weighted by Gasteiger charge is -2.41. The van der Waals surface area contributed by atoms with Crippen LogP contribution in [0, 0.1) is 12.7 Å². The van der Waals surface area contributed by atoms with E-state index >= 15 is 0 Å². The number of aliphatic hydroxyl groups excluding tert-OH is 1. The van der Waals surface area contributed by atoms with Crippen molar-refractivity contribution in [3.05, 3.63) is 29.1 Å². The molecule has 18 heavy (non-hydrogen) atoms. The molecule has 0 aromatic heterocycles. The summed E-state index contributed by atoms with van der Waals surface area (Å²) in [5.41, 5.74) is 5.66. The Kier molecular flexibility index (Phi) is 3.26. The van der Waals surface area contributed by atoms with E-state index in [2.05, 4.69) is 5.32 Å². The zero-order valence-electron chi connectivity index (χ0n) is 10.3. The largest absolute Gasteiger partial charge is 0.399 e. The fraction of sp³-hybridized carbons (Fsp3) is 0.462. The molecule has 1 fully saturated rings. The molecule has 1 aliphatic rings. The van der Waals surface area contributed by atoms with Gasteiger partial charge in [-0.25, -0.2) is 4.39 Å². The molecule has 0 spiro atoms. The van der Waals surface area contributed by atoms with Crippen LogP contribution >= 0.6 is 0 Å². The number of carbonyl (C=O) groups excluding carboxylic acids is 1. The third-order valence-electron chi connectivity index (χ3n) is 3.51. The second kappa shape index (κ2) is 4.57. The maximum atomic E-state index is 13.9. The molecule has 2 rings (SSSR count). The predicted molar refractivity (Wildman–Crippen MR) is 66.7 cm³/mol. The van der Waals surface area contributed by atoms with Gasteiger partial charge in [0.05, 0.1) is 17.7 Å². The lowest BCUT2D eigenvalue weighted by atomic mass is 9.77. The summed E-state index contributed by atoms with van der Waals surface area (Å²) in [7, 11) is 0. The van der Waals surface area contributed by atoms with Crippen LogP contribution in [0.4, 0.5) is 10.1 Å². The number of anilines is 1. The minimum Gasteiger partial charge on any atom is -0.399 e.